The fourth-order valence-electron chi connectivity index (χ4n) is 4.12. The van der Waals surface area contributed by atoms with E-state index in [-0.39, 0.29) is 12.7 Å². The zero-order chi connectivity index (χ0) is 26.9. The van der Waals surface area contributed by atoms with Gasteiger partial charge in [0.1, 0.15) is 6.61 Å². The van der Waals surface area contributed by atoms with E-state index in [2.05, 4.69) is 32.5 Å². The molecule has 0 aromatic carbocycles. The molecular weight excluding hydrogens is 495 g/mol. The fraction of sp³-hybridized carbons (Fsp3) is 0.964. The first-order valence-electron chi connectivity index (χ1n) is 14.6. The predicted octanol–water partition coefficient (Wildman–Crippen LogP) is 7.98. The van der Waals surface area contributed by atoms with E-state index < -0.39 is 26.4 Å². The van der Waals surface area contributed by atoms with Gasteiger partial charge < -0.3 is 19.7 Å². The maximum Gasteiger partial charge on any atom is 0.390 e. The Kier molecular flexibility index (Phi) is 25.0. The SMILES string of the molecule is CCCCCCCCCCCCSC(CCCCCCC)C(C)OCCCOCC(O)([PH+]=O)C(=O)O. The monoisotopic (exact) mass is 551 g/mol. The van der Waals surface area contributed by atoms with E-state index in [1.54, 1.807) is 0 Å². The average molecular weight is 552 g/mol. The van der Waals surface area contributed by atoms with Gasteiger partial charge in [-0.05, 0) is 31.9 Å². The van der Waals surface area contributed by atoms with Crippen LogP contribution in [0.25, 0.3) is 0 Å². The van der Waals surface area contributed by atoms with Crippen LogP contribution in [0.4, 0.5) is 0 Å². The van der Waals surface area contributed by atoms with Gasteiger partial charge in [-0.1, -0.05) is 108 Å². The lowest BCUT2D eigenvalue weighted by molar-refractivity contribution is -0.154. The lowest BCUT2D eigenvalue weighted by Crippen LogP contribution is -2.37. The van der Waals surface area contributed by atoms with Gasteiger partial charge >= 0.3 is 19.8 Å². The summed E-state index contributed by atoms with van der Waals surface area (Å²) in [6.45, 7) is 6.98. The van der Waals surface area contributed by atoms with E-state index in [4.69, 9.17) is 14.6 Å². The molecule has 214 valence electrons. The van der Waals surface area contributed by atoms with Crippen LogP contribution in [0.15, 0.2) is 0 Å². The molecule has 36 heavy (non-hydrogen) atoms. The summed E-state index contributed by atoms with van der Waals surface area (Å²) in [4.78, 5) is 10.9. The van der Waals surface area contributed by atoms with Gasteiger partial charge in [0.05, 0.1) is 6.10 Å². The Labute approximate surface area is 227 Å². The molecule has 0 aromatic rings. The van der Waals surface area contributed by atoms with Crippen molar-refractivity contribution < 1.29 is 29.0 Å². The molecular formula is C28H56O6PS+. The summed E-state index contributed by atoms with van der Waals surface area (Å²) >= 11 is 2.06. The number of hydrogen-bond acceptors (Lipinski definition) is 6. The minimum atomic E-state index is -2.32. The largest absolute Gasteiger partial charge is 0.476 e. The Morgan fingerprint density at radius 3 is 1.89 bits per heavy atom. The second kappa shape index (κ2) is 25.1. The van der Waals surface area contributed by atoms with Gasteiger partial charge in [-0.25, -0.2) is 4.79 Å². The molecule has 0 radical (unpaired) electrons. The topological polar surface area (TPSA) is 93.1 Å². The molecule has 0 saturated carbocycles. The zero-order valence-electron chi connectivity index (χ0n) is 23.4. The summed E-state index contributed by atoms with van der Waals surface area (Å²) < 4.78 is 22.3. The van der Waals surface area contributed by atoms with Crippen LogP contribution in [0, 0.1) is 0 Å². The van der Waals surface area contributed by atoms with E-state index in [0.717, 1.165) is 0 Å². The molecule has 0 heterocycles. The Bertz CT molecular complexity index is 524. The molecule has 0 aromatic heterocycles. The number of aliphatic hydroxyl groups is 1. The average Bonchev–Trinajstić information content (AvgIpc) is 2.87. The number of carbonyl (C=O) groups is 1. The van der Waals surface area contributed by atoms with E-state index in [1.807, 2.05) is 0 Å². The number of carboxylic acids is 1. The number of hydrogen-bond donors (Lipinski definition) is 2. The highest BCUT2D eigenvalue weighted by Gasteiger charge is 2.46. The molecule has 0 aliphatic rings. The molecule has 6 nitrogen and oxygen atoms in total. The lowest BCUT2D eigenvalue weighted by atomic mass is 10.1. The third-order valence-electron chi connectivity index (χ3n) is 6.59. The molecule has 0 rings (SSSR count). The van der Waals surface area contributed by atoms with Gasteiger partial charge in [-0.3, -0.25) is 0 Å². The van der Waals surface area contributed by atoms with Crippen LogP contribution in [0.3, 0.4) is 0 Å². The van der Waals surface area contributed by atoms with Crippen molar-refractivity contribution >= 4 is 26.2 Å². The highest BCUT2D eigenvalue weighted by atomic mass is 32.2. The van der Waals surface area contributed by atoms with Crippen LogP contribution in [-0.4, -0.2) is 58.5 Å². The van der Waals surface area contributed by atoms with E-state index in [1.165, 1.54) is 108 Å². The Morgan fingerprint density at radius 2 is 1.36 bits per heavy atom. The van der Waals surface area contributed by atoms with Crippen molar-refractivity contribution in [2.75, 3.05) is 25.6 Å². The Balaban J connectivity index is 4.14. The lowest BCUT2D eigenvalue weighted by Gasteiger charge is -2.24. The summed E-state index contributed by atoms with van der Waals surface area (Å²) in [5.74, 6) is -0.335. The van der Waals surface area contributed by atoms with Crippen molar-refractivity contribution in [3.63, 3.8) is 0 Å². The van der Waals surface area contributed by atoms with Crippen LogP contribution in [0.1, 0.15) is 130 Å². The van der Waals surface area contributed by atoms with Gasteiger partial charge in [0.25, 0.3) is 0 Å². The van der Waals surface area contributed by atoms with E-state index in [9.17, 15) is 14.5 Å². The van der Waals surface area contributed by atoms with Crippen LogP contribution in [0.5, 0.6) is 0 Å². The third-order valence-corrected chi connectivity index (χ3v) is 8.86. The molecule has 4 unspecified atom stereocenters. The summed E-state index contributed by atoms with van der Waals surface area (Å²) in [5.41, 5.74) is 0. The number of carboxylic acid groups (broad SMARTS) is 1. The number of unbranched alkanes of at least 4 members (excludes halogenated alkanes) is 13. The van der Waals surface area contributed by atoms with Crippen molar-refractivity contribution in [1.29, 1.82) is 0 Å². The van der Waals surface area contributed by atoms with Gasteiger partial charge in [0, 0.05) is 18.5 Å². The molecule has 0 saturated heterocycles. The van der Waals surface area contributed by atoms with Crippen LogP contribution in [-0.2, 0) is 18.8 Å². The van der Waals surface area contributed by atoms with Gasteiger partial charge in [0.2, 0.25) is 0 Å². The van der Waals surface area contributed by atoms with Crippen molar-refractivity contribution in [3.8, 4) is 0 Å². The molecule has 0 aliphatic heterocycles. The predicted molar refractivity (Wildman–Crippen MR) is 154 cm³/mol. The maximum atomic E-state index is 10.9. The van der Waals surface area contributed by atoms with Crippen LogP contribution >= 0.6 is 20.2 Å². The van der Waals surface area contributed by atoms with E-state index in [0.29, 0.717) is 18.3 Å². The Morgan fingerprint density at radius 1 is 0.833 bits per heavy atom. The zero-order valence-corrected chi connectivity index (χ0v) is 25.3. The molecule has 0 amide bonds. The van der Waals surface area contributed by atoms with Crippen molar-refractivity contribution in [3.05, 3.63) is 0 Å². The highest BCUT2D eigenvalue weighted by molar-refractivity contribution is 7.99. The number of rotatable bonds is 28. The van der Waals surface area contributed by atoms with Crippen molar-refractivity contribution in [2.24, 2.45) is 0 Å². The van der Waals surface area contributed by atoms with E-state index >= 15 is 0 Å². The summed E-state index contributed by atoms with van der Waals surface area (Å²) in [7, 11) is -1.37. The van der Waals surface area contributed by atoms with Gasteiger partial charge in [0.15, 0.2) is 0 Å². The maximum absolute atomic E-state index is 10.9. The number of ether oxygens (including phenoxy) is 2. The van der Waals surface area contributed by atoms with Gasteiger partial charge in [-0.2, -0.15) is 11.8 Å². The highest BCUT2D eigenvalue weighted by Crippen LogP contribution is 2.25. The fourth-order valence-corrected chi connectivity index (χ4v) is 5.72. The standard InChI is InChI=1S/C28H55O6PS/c1-4-6-8-10-11-12-13-14-16-18-23-36-26(20-17-15-9-7-5-2)25(3)34-22-19-21-33-24-28(31,35-32)27(29)30/h25-26,31H,4-24H2,1-3H3,(H,29,30)/p+1. The van der Waals surface area contributed by atoms with Crippen molar-refractivity contribution in [1.82, 2.24) is 0 Å². The minimum absolute atomic E-state index is 0.156. The smallest absolute Gasteiger partial charge is 0.390 e. The molecule has 0 aliphatic carbocycles. The second-order valence-electron chi connectivity index (χ2n) is 10.0. The number of aliphatic carboxylic acids is 1. The normalized spacial score (nSPS) is 15.1. The first kappa shape index (κ1) is 35.8. The molecule has 2 N–H and O–H groups in total. The number of thioether (sulfide) groups is 1. The molecule has 4 atom stereocenters. The summed E-state index contributed by atoms with van der Waals surface area (Å²) in [6.07, 6.45) is 22.0. The third kappa shape index (κ3) is 19.9. The second-order valence-corrected chi connectivity index (χ2v) is 12.4. The van der Waals surface area contributed by atoms with Crippen LogP contribution < -0.4 is 0 Å². The summed E-state index contributed by atoms with van der Waals surface area (Å²) in [5, 5.41) is 16.8. The minimum Gasteiger partial charge on any atom is -0.476 e. The first-order valence-corrected chi connectivity index (χ1v) is 16.5. The Hall–Kier alpha value is -0.200. The molecule has 0 spiro atoms. The molecule has 0 bridgehead atoms. The molecule has 0 fully saturated rings. The molecule has 8 heteroatoms. The quantitative estimate of drug-likeness (QED) is 0.0752. The van der Waals surface area contributed by atoms with Crippen LogP contribution in [0.2, 0.25) is 0 Å². The van der Waals surface area contributed by atoms with Crippen molar-refractivity contribution in [2.45, 2.75) is 147 Å². The van der Waals surface area contributed by atoms with Gasteiger partial charge in [-0.15, -0.1) is 0 Å². The first-order chi connectivity index (χ1) is 17.4. The summed E-state index contributed by atoms with van der Waals surface area (Å²) in [6, 6.07) is 0.